The van der Waals surface area contributed by atoms with Crippen LogP contribution in [-0.4, -0.2) is 59.1 Å². The zero-order chi connectivity index (χ0) is 14.8. The topological polar surface area (TPSA) is 74.8 Å². The van der Waals surface area contributed by atoms with Crippen molar-refractivity contribution in [3.05, 3.63) is 23.9 Å². The van der Waals surface area contributed by atoms with Crippen LogP contribution < -0.4 is 10.1 Å². The third kappa shape index (κ3) is 2.91. The second kappa shape index (κ2) is 5.59. The number of aryl methyl sites for hydroxylation is 1. The van der Waals surface area contributed by atoms with Crippen molar-refractivity contribution < 1.29 is 14.3 Å². The Kier molecular flexibility index (Phi) is 3.64. The molecule has 7 nitrogen and oxygen atoms in total. The van der Waals surface area contributed by atoms with E-state index in [0.29, 0.717) is 32.1 Å². The summed E-state index contributed by atoms with van der Waals surface area (Å²) in [5.74, 6) is 0.577. The van der Waals surface area contributed by atoms with Gasteiger partial charge in [-0.3, -0.25) is 0 Å². The van der Waals surface area contributed by atoms with E-state index >= 15 is 0 Å². The van der Waals surface area contributed by atoms with Gasteiger partial charge in [0.1, 0.15) is 6.10 Å². The molecule has 7 heteroatoms. The molecule has 0 saturated carbocycles. The molecule has 0 aromatic carbocycles. The molecule has 0 radical (unpaired) electrons. The summed E-state index contributed by atoms with van der Waals surface area (Å²) in [6.45, 7) is 3.94. The summed E-state index contributed by atoms with van der Waals surface area (Å²) < 4.78 is 5.80. The molecule has 2 saturated heterocycles. The van der Waals surface area contributed by atoms with Gasteiger partial charge < -0.3 is 15.0 Å². The van der Waals surface area contributed by atoms with Gasteiger partial charge in [0.2, 0.25) is 5.88 Å². The number of carbonyl (C=O) groups excluding carboxylic acids is 2. The molecule has 21 heavy (non-hydrogen) atoms. The third-order valence-corrected chi connectivity index (χ3v) is 3.65. The number of hydrogen-bond donors (Lipinski definition) is 1. The molecule has 2 aliphatic rings. The average molecular weight is 290 g/mol. The standard InChI is InChI=1S/C14H18N4O3/c1-10-3-2-4-12(16-10)21-11-5-7-17(9-11)14(20)18-8-6-15-13(18)19/h2-4,11H,5-9H2,1H3,(H,15,19)/t11-/m1/s1. The van der Waals surface area contributed by atoms with Crippen molar-refractivity contribution in [2.75, 3.05) is 26.2 Å². The van der Waals surface area contributed by atoms with Crippen molar-refractivity contribution in [2.24, 2.45) is 0 Å². The predicted octanol–water partition coefficient (Wildman–Crippen LogP) is 0.988. The van der Waals surface area contributed by atoms with E-state index in [1.807, 2.05) is 25.1 Å². The van der Waals surface area contributed by atoms with Crippen LogP contribution in [0.2, 0.25) is 0 Å². The van der Waals surface area contributed by atoms with E-state index in [-0.39, 0.29) is 18.2 Å². The molecule has 0 bridgehead atoms. The highest BCUT2D eigenvalue weighted by atomic mass is 16.5. The fourth-order valence-corrected chi connectivity index (χ4v) is 2.58. The number of carbonyl (C=O) groups is 2. The molecule has 1 atom stereocenters. The molecule has 2 fully saturated rings. The van der Waals surface area contributed by atoms with E-state index in [0.717, 1.165) is 12.1 Å². The van der Waals surface area contributed by atoms with E-state index in [1.165, 1.54) is 4.90 Å². The minimum atomic E-state index is -0.315. The lowest BCUT2D eigenvalue weighted by atomic mass is 10.3. The van der Waals surface area contributed by atoms with Gasteiger partial charge in [-0.25, -0.2) is 19.5 Å². The van der Waals surface area contributed by atoms with Crippen molar-refractivity contribution >= 4 is 12.1 Å². The molecule has 3 heterocycles. The summed E-state index contributed by atoms with van der Waals surface area (Å²) in [5.41, 5.74) is 0.896. The largest absolute Gasteiger partial charge is 0.472 e. The molecule has 0 aliphatic carbocycles. The number of pyridine rings is 1. The Labute approximate surface area is 122 Å². The molecule has 1 aromatic rings. The summed E-state index contributed by atoms with van der Waals surface area (Å²) in [5, 5.41) is 2.63. The number of aromatic nitrogens is 1. The van der Waals surface area contributed by atoms with Crippen LogP contribution in [0.5, 0.6) is 5.88 Å². The summed E-state index contributed by atoms with van der Waals surface area (Å²) >= 11 is 0. The first-order chi connectivity index (χ1) is 10.1. The van der Waals surface area contributed by atoms with Crippen molar-refractivity contribution in [3.8, 4) is 5.88 Å². The number of ether oxygens (including phenoxy) is 1. The van der Waals surface area contributed by atoms with Crippen LogP contribution in [0.1, 0.15) is 12.1 Å². The summed E-state index contributed by atoms with van der Waals surface area (Å²) in [6.07, 6.45) is 0.672. The van der Waals surface area contributed by atoms with Crippen molar-refractivity contribution in [1.29, 1.82) is 0 Å². The van der Waals surface area contributed by atoms with Gasteiger partial charge in [-0.15, -0.1) is 0 Å². The zero-order valence-corrected chi connectivity index (χ0v) is 11.9. The maximum absolute atomic E-state index is 12.2. The number of amides is 4. The van der Waals surface area contributed by atoms with Crippen LogP contribution in [0.4, 0.5) is 9.59 Å². The maximum atomic E-state index is 12.2. The number of urea groups is 2. The molecule has 112 valence electrons. The Hall–Kier alpha value is -2.31. The average Bonchev–Trinajstić information content (AvgIpc) is 3.07. The molecular formula is C14H18N4O3. The Bertz CT molecular complexity index is 563. The van der Waals surface area contributed by atoms with Crippen LogP contribution in [-0.2, 0) is 0 Å². The van der Waals surface area contributed by atoms with Gasteiger partial charge in [-0.1, -0.05) is 6.07 Å². The van der Waals surface area contributed by atoms with Gasteiger partial charge in [0.05, 0.1) is 6.54 Å². The molecule has 4 amide bonds. The Morgan fingerprint density at radius 2 is 2.29 bits per heavy atom. The smallest absolute Gasteiger partial charge is 0.328 e. The second-order valence-corrected chi connectivity index (χ2v) is 5.26. The lowest BCUT2D eigenvalue weighted by Gasteiger charge is -2.21. The first-order valence-electron chi connectivity index (χ1n) is 7.08. The first kappa shape index (κ1) is 13.7. The molecule has 1 N–H and O–H groups in total. The number of nitrogens with zero attached hydrogens (tertiary/aromatic N) is 3. The van der Waals surface area contributed by atoms with Gasteiger partial charge in [0.25, 0.3) is 0 Å². The minimum absolute atomic E-state index is 0.0751. The molecule has 3 rings (SSSR count). The van der Waals surface area contributed by atoms with Crippen LogP contribution >= 0.6 is 0 Å². The normalized spacial score (nSPS) is 21.6. The lowest BCUT2D eigenvalue weighted by molar-refractivity contribution is 0.160. The molecule has 0 unspecified atom stereocenters. The van der Waals surface area contributed by atoms with Gasteiger partial charge in [-0.05, 0) is 13.0 Å². The highest BCUT2D eigenvalue weighted by Crippen LogP contribution is 2.18. The van der Waals surface area contributed by atoms with Gasteiger partial charge in [-0.2, -0.15) is 0 Å². The van der Waals surface area contributed by atoms with Crippen molar-refractivity contribution in [2.45, 2.75) is 19.4 Å². The molecule has 1 aromatic heterocycles. The van der Waals surface area contributed by atoms with Crippen LogP contribution in [0, 0.1) is 6.92 Å². The van der Waals surface area contributed by atoms with Crippen LogP contribution in [0.15, 0.2) is 18.2 Å². The van der Waals surface area contributed by atoms with Gasteiger partial charge in [0, 0.05) is 37.8 Å². The number of hydrogen-bond acceptors (Lipinski definition) is 4. The lowest BCUT2D eigenvalue weighted by Crippen LogP contribution is -2.44. The highest BCUT2D eigenvalue weighted by molar-refractivity contribution is 5.95. The summed E-state index contributed by atoms with van der Waals surface area (Å²) in [4.78, 5) is 30.9. The Morgan fingerprint density at radius 3 is 3.00 bits per heavy atom. The summed E-state index contributed by atoms with van der Waals surface area (Å²) in [7, 11) is 0. The quantitative estimate of drug-likeness (QED) is 0.881. The highest BCUT2D eigenvalue weighted by Gasteiger charge is 2.35. The van der Waals surface area contributed by atoms with Gasteiger partial charge >= 0.3 is 12.1 Å². The molecule has 0 spiro atoms. The van der Waals surface area contributed by atoms with Crippen molar-refractivity contribution in [3.63, 3.8) is 0 Å². The number of nitrogens with one attached hydrogen (secondary N) is 1. The van der Waals surface area contributed by atoms with Crippen LogP contribution in [0.25, 0.3) is 0 Å². The Balaban J connectivity index is 1.58. The second-order valence-electron chi connectivity index (χ2n) is 5.26. The third-order valence-electron chi connectivity index (χ3n) is 3.65. The fraction of sp³-hybridized carbons (Fsp3) is 0.500. The van der Waals surface area contributed by atoms with E-state index in [4.69, 9.17) is 4.74 Å². The van der Waals surface area contributed by atoms with E-state index in [2.05, 4.69) is 10.3 Å². The predicted molar refractivity (Wildman–Crippen MR) is 75.1 cm³/mol. The molecular weight excluding hydrogens is 272 g/mol. The zero-order valence-electron chi connectivity index (χ0n) is 11.9. The Morgan fingerprint density at radius 1 is 1.43 bits per heavy atom. The minimum Gasteiger partial charge on any atom is -0.472 e. The van der Waals surface area contributed by atoms with Gasteiger partial charge in [0.15, 0.2) is 0 Å². The first-order valence-corrected chi connectivity index (χ1v) is 7.08. The summed E-state index contributed by atoms with van der Waals surface area (Å²) in [6, 6.07) is 5.05. The fourth-order valence-electron chi connectivity index (χ4n) is 2.58. The van der Waals surface area contributed by atoms with E-state index in [9.17, 15) is 9.59 Å². The monoisotopic (exact) mass is 290 g/mol. The number of likely N-dealkylation sites (tertiary alicyclic amines) is 1. The maximum Gasteiger partial charge on any atom is 0.328 e. The van der Waals surface area contributed by atoms with E-state index in [1.54, 1.807) is 4.90 Å². The SMILES string of the molecule is Cc1cccc(O[C@@H]2CCN(C(=O)N3CCNC3=O)C2)n1. The van der Waals surface area contributed by atoms with Crippen molar-refractivity contribution in [1.82, 2.24) is 20.1 Å². The number of imide groups is 1. The van der Waals surface area contributed by atoms with E-state index < -0.39 is 0 Å². The number of rotatable bonds is 2. The van der Waals surface area contributed by atoms with Crippen LogP contribution in [0.3, 0.4) is 0 Å². The molecule has 2 aliphatic heterocycles.